The van der Waals surface area contributed by atoms with Gasteiger partial charge < -0.3 is 15.4 Å². The van der Waals surface area contributed by atoms with Gasteiger partial charge in [0.2, 0.25) is 5.91 Å². The smallest absolute Gasteiger partial charge is 0.322 e. The van der Waals surface area contributed by atoms with E-state index in [1.54, 1.807) is 30.3 Å². The quantitative estimate of drug-likeness (QED) is 0.465. The van der Waals surface area contributed by atoms with Crippen molar-refractivity contribution in [2.24, 2.45) is 0 Å². The Bertz CT molecular complexity index is 1090. The lowest BCUT2D eigenvalue weighted by molar-refractivity contribution is -0.120. The third-order valence-electron chi connectivity index (χ3n) is 4.30. The molecule has 0 bridgehead atoms. The Hall–Kier alpha value is -3.60. The molecule has 0 aromatic heterocycles. The molecule has 0 spiro atoms. The van der Waals surface area contributed by atoms with Crippen LogP contribution in [-0.4, -0.2) is 39.4 Å². The second-order valence-corrected chi connectivity index (χ2v) is 8.12. The molecule has 1 aliphatic rings. The summed E-state index contributed by atoms with van der Waals surface area (Å²) < 4.78 is 33.0. The molecule has 0 unspecified atom stereocenters. The van der Waals surface area contributed by atoms with E-state index in [1.807, 2.05) is 0 Å². The van der Waals surface area contributed by atoms with Crippen LogP contribution in [0.5, 0.6) is 5.75 Å². The van der Waals surface area contributed by atoms with Crippen molar-refractivity contribution in [3.8, 4) is 5.75 Å². The number of benzene rings is 2. The molecule has 0 aliphatic carbocycles. The number of anilines is 2. The van der Waals surface area contributed by atoms with Crippen molar-refractivity contribution in [2.75, 3.05) is 17.1 Å². The Balaban J connectivity index is 1.65. The first-order valence-corrected chi connectivity index (χ1v) is 10.4. The number of imide groups is 1. The molecule has 1 aliphatic heterocycles. The summed E-state index contributed by atoms with van der Waals surface area (Å²) >= 11 is 0. The van der Waals surface area contributed by atoms with E-state index < -0.39 is 33.9 Å². The maximum absolute atomic E-state index is 12.7. The van der Waals surface area contributed by atoms with E-state index >= 15 is 0 Å². The van der Waals surface area contributed by atoms with Crippen LogP contribution in [0.15, 0.2) is 53.4 Å². The van der Waals surface area contributed by atoms with Crippen LogP contribution in [0.2, 0.25) is 0 Å². The molecule has 158 valence electrons. The van der Waals surface area contributed by atoms with Crippen LogP contribution >= 0.6 is 0 Å². The molecule has 11 heteroatoms. The van der Waals surface area contributed by atoms with Gasteiger partial charge >= 0.3 is 6.03 Å². The topological polar surface area (TPSA) is 143 Å². The Labute approximate surface area is 173 Å². The van der Waals surface area contributed by atoms with Crippen LogP contribution in [0.25, 0.3) is 0 Å². The first-order valence-electron chi connectivity index (χ1n) is 8.95. The highest BCUT2D eigenvalue weighted by atomic mass is 32.2. The van der Waals surface area contributed by atoms with Crippen LogP contribution in [0.1, 0.15) is 12.8 Å². The van der Waals surface area contributed by atoms with Crippen molar-refractivity contribution in [2.45, 2.75) is 23.8 Å². The highest BCUT2D eigenvalue weighted by molar-refractivity contribution is 7.92. The lowest BCUT2D eigenvalue weighted by Crippen LogP contribution is -2.30. The van der Waals surface area contributed by atoms with Gasteiger partial charge in [0.05, 0.1) is 17.7 Å². The number of rotatable bonds is 8. The van der Waals surface area contributed by atoms with Crippen LogP contribution < -0.4 is 25.4 Å². The van der Waals surface area contributed by atoms with Gasteiger partial charge in [-0.25, -0.2) is 13.2 Å². The van der Waals surface area contributed by atoms with E-state index in [2.05, 4.69) is 20.7 Å². The minimum Gasteiger partial charge on any atom is -0.495 e. The lowest BCUT2D eigenvalue weighted by Gasteiger charge is -2.13. The van der Waals surface area contributed by atoms with Gasteiger partial charge in [0.25, 0.3) is 15.9 Å². The lowest BCUT2D eigenvalue weighted by atomic mass is 10.1. The minimum absolute atomic E-state index is 0.0329. The summed E-state index contributed by atoms with van der Waals surface area (Å²) in [6.07, 6.45) is 0.0889. The maximum Gasteiger partial charge on any atom is 0.322 e. The highest BCUT2D eigenvalue weighted by Gasteiger charge is 2.29. The van der Waals surface area contributed by atoms with E-state index in [-0.39, 0.29) is 29.1 Å². The van der Waals surface area contributed by atoms with Crippen LogP contribution in [0.4, 0.5) is 16.2 Å². The zero-order chi connectivity index (χ0) is 21.7. The average molecular weight is 432 g/mol. The first kappa shape index (κ1) is 21.1. The van der Waals surface area contributed by atoms with Crippen molar-refractivity contribution >= 4 is 39.2 Å². The van der Waals surface area contributed by atoms with E-state index in [0.29, 0.717) is 5.75 Å². The number of hydrogen-bond acceptors (Lipinski definition) is 6. The predicted molar refractivity (Wildman–Crippen MR) is 109 cm³/mol. The number of amides is 4. The summed E-state index contributed by atoms with van der Waals surface area (Å²) in [5.74, 6) is -0.534. The van der Waals surface area contributed by atoms with E-state index in [4.69, 9.17) is 4.74 Å². The molecule has 3 rings (SSSR count). The number of carbonyl (C=O) groups excluding carboxylic acids is 3. The van der Waals surface area contributed by atoms with Gasteiger partial charge in [-0.15, -0.1) is 0 Å². The van der Waals surface area contributed by atoms with Crippen LogP contribution in [0, 0.1) is 0 Å². The normalized spacial score (nSPS) is 15.8. The molecule has 1 atom stereocenters. The fourth-order valence-electron chi connectivity index (χ4n) is 2.83. The van der Waals surface area contributed by atoms with Gasteiger partial charge in [-0.3, -0.25) is 19.6 Å². The van der Waals surface area contributed by atoms with Crippen molar-refractivity contribution < 1.29 is 27.5 Å². The summed E-state index contributed by atoms with van der Waals surface area (Å²) in [5.41, 5.74) is 0.564. The second kappa shape index (κ2) is 8.82. The SMILES string of the molecule is COc1ccccc1NS(=O)(=O)c1cccc(NC(=O)CC[C@H]2NC(=O)NC2=O)c1. The fourth-order valence-corrected chi connectivity index (χ4v) is 3.95. The Kier molecular flexibility index (Phi) is 6.21. The largest absolute Gasteiger partial charge is 0.495 e. The zero-order valence-electron chi connectivity index (χ0n) is 16.0. The number of methoxy groups -OCH3 is 1. The summed E-state index contributed by atoms with van der Waals surface area (Å²) in [4.78, 5) is 34.7. The number of carbonyl (C=O) groups is 3. The number of para-hydroxylation sites is 2. The van der Waals surface area contributed by atoms with Gasteiger partial charge in [0.1, 0.15) is 11.8 Å². The number of ether oxygens (including phenoxy) is 1. The van der Waals surface area contributed by atoms with Crippen molar-refractivity contribution in [1.82, 2.24) is 10.6 Å². The monoisotopic (exact) mass is 432 g/mol. The Morgan fingerprint density at radius 1 is 1.13 bits per heavy atom. The number of sulfonamides is 1. The summed E-state index contributed by atoms with van der Waals surface area (Å²) in [6, 6.07) is 11.0. The molecule has 4 amide bonds. The predicted octanol–water partition coefficient (Wildman–Crippen LogP) is 1.42. The van der Waals surface area contributed by atoms with E-state index in [0.717, 1.165) is 0 Å². The molecule has 0 saturated carbocycles. The molecule has 30 heavy (non-hydrogen) atoms. The first-order chi connectivity index (χ1) is 14.3. The maximum atomic E-state index is 12.7. The zero-order valence-corrected chi connectivity index (χ0v) is 16.8. The molecular weight excluding hydrogens is 412 g/mol. The highest BCUT2D eigenvalue weighted by Crippen LogP contribution is 2.26. The van der Waals surface area contributed by atoms with Gasteiger partial charge in [-0.1, -0.05) is 18.2 Å². The summed E-state index contributed by atoms with van der Waals surface area (Å²) in [6.45, 7) is 0. The van der Waals surface area contributed by atoms with E-state index in [1.165, 1.54) is 25.3 Å². The molecule has 0 radical (unpaired) electrons. The fraction of sp³-hybridized carbons (Fsp3) is 0.211. The van der Waals surface area contributed by atoms with Crippen LogP contribution in [-0.2, 0) is 19.6 Å². The molecule has 4 N–H and O–H groups in total. The van der Waals surface area contributed by atoms with Crippen molar-refractivity contribution in [3.05, 3.63) is 48.5 Å². The molecule has 10 nitrogen and oxygen atoms in total. The van der Waals surface area contributed by atoms with Gasteiger partial charge in [-0.05, 0) is 36.8 Å². The van der Waals surface area contributed by atoms with Gasteiger partial charge in [0.15, 0.2) is 0 Å². The van der Waals surface area contributed by atoms with Crippen LogP contribution in [0.3, 0.4) is 0 Å². The average Bonchev–Trinajstić information content (AvgIpc) is 3.04. The number of nitrogens with one attached hydrogen (secondary N) is 4. The van der Waals surface area contributed by atoms with Gasteiger partial charge in [-0.2, -0.15) is 0 Å². The summed E-state index contributed by atoms with van der Waals surface area (Å²) in [5, 5.41) is 7.09. The molecule has 1 heterocycles. The second-order valence-electron chi connectivity index (χ2n) is 6.44. The molecule has 1 saturated heterocycles. The summed E-state index contributed by atoms with van der Waals surface area (Å²) in [7, 11) is -2.49. The van der Waals surface area contributed by atoms with E-state index in [9.17, 15) is 22.8 Å². The third-order valence-corrected chi connectivity index (χ3v) is 5.66. The van der Waals surface area contributed by atoms with Crippen molar-refractivity contribution in [3.63, 3.8) is 0 Å². The molecule has 2 aromatic carbocycles. The Morgan fingerprint density at radius 3 is 2.60 bits per heavy atom. The molecular formula is C19H20N4O6S. The Morgan fingerprint density at radius 2 is 1.90 bits per heavy atom. The third kappa shape index (κ3) is 5.06. The number of urea groups is 1. The minimum atomic E-state index is -3.92. The standard InChI is InChI=1S/C19H20N4O6S/c1-29-16-8-3-2-7-14(16)23-30(27,28)13-6-4-5-12(11-13)20-17(24)10-9-15-18(25)22-19(26)21-15/h2-8,11,15,23H,9-10H2,1H3,(H,20,24)(H2,21,22,25,26)/t15-/m1/s1. The van der Waals surface area contributed by atoms with Crippen molar-refractivity contribution in [1.29, 1.82) is 0 Å². The number of hydrogen-bond donors (Lipinski definition) is 4. The van der Waals surface area contributed by atoms with Gasteiger partial charge in [0, 0.05) is 12.1 Å². The molecule has 2 aromatic rings. The molecule has 1 fully saturated rings.